The molecule has 2 aromatic carbocycles. The second-order valence-corrected chi connectivity index (χ2v) is 10.2. The Morgan fingerprint density at radius 3 is 2.47 bits per heavy atom. The first kappa shape index (κ1) is 22.2. The Morgan fingerprint density at radius 2 is 1.76 bits per heavy atom. The summed E-state index contributed by atoms with van der Waals surface area (Å²) in [7, 11) is -0.855. The fourth-order valence-corrected chi connectivity index (χ4v) is 5.80. The highest BCUT2D eigenvalue weighted by molar-refractivity contribution is 7.90. The van der Waals surface area contributed by atoms with Gasteiger partial charge in [0, 0.05) is 41.3 Å². The summed E-state index contributed by atoms with van der Waals surface area (Å²) in [5.41, 5.74) is 3.37. The average molecular weight is 494 g/mol. The minimum absolute atomic E-state index is 0.133. The number of aryl methyl sites for hydroxylation is 2. The van der Waals surface area contributed by atoms with E-state index in [4.69, 9.17) is 16.3 Å². The molecule has 0 aliphatic heterocycles. The second-order valence-electron chi connectivity index (χ2n) is 8.02. The van der Waals surface area contributed by atoms with Crippen molar-refractivity contribution in [2.45, 2.75) is 11.8 Å². The Balaban J connectivity index is 1.87. The van der Waals surface area contributed by atoms with E-state index in [-0.39, 0.29) is 10.5 Å². The number of methoxy groups -OCH3 is 1. The van der Waals surface area contributed by atoms with E-state index in [0.29, 0.717) is 32.6 Å². The number of nitrogens with zero attached hydrogens (tertiary/aromatic N) is 3. The summed E-state index contributed by atoms with van der Waals surface area (Å²) in [4.78, 5) is 16.7. The van der Waals surface area contributed by atoms with Gasteiger partial charge in [-0.25, -0.2) is 22.2 Å². The maximum atomic E-state index is 13.9. The Morgan fingerprint density at radius 1 is 1.03 bits per heavy atom. The number of esters is 1. The van der Waals surface area contributed by atoms with Gasteiger partial charge in [-0.05, 0) is 49.4 Å². The highest BCUT2D eigenvalue weighted by Gasteiger charge is 2.27. The van der Waals surface area contributed by atoms with Crippen LogP contribution < -0.4 is 0 Å². The summed E-state index contributed by atoms with van der Waals surface area (Å²) < 4.78 is 35.7. The lowest BCUT2D eigenvalue weighted by Crippen LogP contribution is -2.14. The van der Waals surface area contributed by atoms with Crippen molar-refractivity contribution in [3.8, 4) is 11.3 Å². The van der Waals surface area contributed by atoms with Crippen LogP contribution >= 0.6 is 11.6 Å². The molecule has 0 unspecified atom stereocenters. The van der Waals surface area contributed by atoms with Crippen LogP contribution in [0, 0.1) is 6.92 Å². The van der Waals surface area contributed by atoms with Crippen LogP contribution in [0.2, 0.25) is 5.02 Å². The highest BCUT2D eigenvalue weighted by atomic mass is 35.5. The number of fused-ring (bicyclic) bond motifs is 2. The van der Waals surface area contributed by atoms with E-state index in [0.717, 1.165) is 11.1 Å². The number of aromatic nitrogens is 3. The lowest BCUT2D eigenvalue weighted by atomic mass is 10.1. The van der Waals surface area contributed by atoms with Crippen molar-refractivity contribution in [1.29, 1.82) is 0 Å². The van der Waals surface area contributed by atoms with E-state index in [9.17, 15) is 13.2 Å². The Labute approximate surface area is 201 Å². The molecule has 5 aromatic rings. The molecule has 0 aliphatic rings. The van der Waals surface area contributed by atoms with E-state index < -0.39 is 16.0 Å². The third-order valence-corrected chi connectivity index (χ3v) is 7.90. The van der Waals surface area contributed by atoms with Crippen LogP contribution in [0.5, 0.6) is 0 Å². The van der Waals surface area contributed by atoms with Gasteiger partial charge in [0.1, 0.15) is 0 Å². The van der Waals surface area contributed by atoms with Gasteiger partial charge in [0.2, 0.25) is 0 Å². The second kappa shape index (κ2) is 8.00. The molecule has 0 saturated heterocycles. The summed E-state index contributed by atoms with van der Waals surface area (Å²) in [6.07, 6.45) is 3.31. The molecular weight excluding hydrogens is 474 g/mol. The molecule has 0 fully saturated rings. The quantitative estimate of drug-likeness (QED) is 0.322. The fourth-order valence-electron chi connectivity index (χ4n) is 4.13. The topological polar surface area (TPSA) is 83.2 Å². The predicted octanol–water partition coefficient (Wildman–Crippen LogP) is 5.18. The number of hydrogen-bond acceptors (Lipinski definition) is 5. The summed E-state index contributed by atoms with van der Waals surface area (Å²) in [5, 5.41) is 1.60. The Bertz CT molecular complexity index is 1700. The van der Waals surface area contributed by atoms with Crippen molar-refractivity contribution in [3.63, 3.8) is 0 Å². The molecule has 0 aliphatic carbocycles. The van der Waals surface area contributed by atoms with Gasteiger partial charge in [-0.3, -0.25) is 0 Å². The predicted molar refractivity (Wildman–Crippen MR) is 132 cm³/mol. The minimum Gasteiger partial charge on any atom is -0.465 e. The largest absolute Gasteiger partial charge is 0.465 e. The third-order valence-electron chi connectivity index (χ3n) is 5.85. The molecule has 3 heterocycles. The number of carbonyl (C=O) groups is 1. The summed E-state index contributed by atoms with van der Waals surface area (Å²) in [5.74, 6) is -0.478. The van der Waals surface area contributed by atoms with Gasteiger partial charge in [0.15, 0.2) is 5.65 Å². The standard InChI is InChI=1S/C25H20ClN3O4S/c1-15-4-7-17(8-5-15)34(31,32)29-23(13-19-21(26)10-11-27-24(19)29)20-14-28(2)22-9-6-16(12-18(20)22)25(30)33-3/h4-14H,1-3H3. The number of rotatable bonds is 4. The molecule has 0 radical (unpaired) electrons. The number of hydrogen-bond donors (Lipinski definition) is 0. The highest BCUT2D eigenvalue weighted by Crippen LogP contribution is 2.38. The van der Waals surface area contributed by atoms with Crippen molar-refractivity contribution in [2.24, 2.45) is 7.05 Å². The third kappa shape index (κ3) is 3.38. The van der Waals surface area contributed by atoms with Crippen LogP contribution in [0.3, 0.4) is 0 Å². The summed E-state index contributed by atoms with van der Waals surface area (Å²) >= 11 is 6.44. The van der Waals surface area contributed by atoms with Gasteiger partial charge in [-0.15, -0.1) is 0 Å². The molecule has 0 amide bonds. The SMILES string of the molecule is COC(=O)c1ccc2c(c1)c(-c1cc3c(Cl)ccnc3n1S(=O)(=O)c1ccc(C)cc1)cn2C. The van der Waals surface area contributed by atoms with E-state index >= 15 is 0 Å². The van der Waals surface area contributed by atoms with Crippen LogP contribution in [0.25, 0.3) is 33.2 Å². The van der Waals surface area contributed by atoms with Crippen LogP contribution in [0.4, 0.5) is 0 Å². The molecule has 0 spiro atoms. The zero-order valence-corrected chi connectivity index (χ0v) is 20.2. The Kier molecular flexibility index (Phi) is 5.22. The van der Waals surface area contributed by atoms with Gasteiger partial charge in [-0.2, -0.15) is 0 Å². The average Bonchev–Trinajstić information content (AvgIpc) is 3.38. The molecule has 7 nitrogen and oxygen atoms in total. The molecule has 34 heavy (non-hydrogen) atoms. The van der Waals surface area contributed by atoms with Gasteiger partial charge < -0.3 is 9.30 Å². The molecule has 0 atom stereocenters. The van der Waals surface area contributed by atoms with Crippen LogP contribution in [0.15, 0.2) is 71.9 Å². The monoisotopic (exact) mass is 493 g/mol. The van der Waals surface area contributed by atoms with Crippen LogP contribution in [-0.2, 0) is 21.8 Å². The van der Waals surface area contributed by atoms with Crippen LogP contribution in [-0.4, -0.2) is 35.0 Å². The van der Waals surface area contributed by atoms with Gasteiger partial charge in [0.05, 0.1) is 28.3 Å². The van der Waals surface area contributed by atoms with Crippen LogP contribution in [0.1, 0.15) is 15.9 Å². The normalized spacial score (nSPS) is 11.9. The summed E-state index contributed by atoms with van der Waals surface area (Å²) in [6, 6.07) is 15.2. The zero-order chi connectivity index (χ0) is 24.2. The molecule has 172 valence electrons. The maximum absolute atomic E-state index is 13.9. The fraction of sp³-hybridized carbons (Fsp3) is 0.120. The first-order chi connectivity index (χ1) is 16.2. The van der Waals surface area contributed by atoms with Crippen molar-refractivity contribution in [3.05, 3.63) is 83.1 Å². The van der Waals surface area contributed by atoms with Gasteiger partial charge in [-0.1, -0.05) is 29.3 Å². The minimum atomic E-state index is -4.03. The van der Waals surface area contributed by atoms with Crippen molar-refractivity contribution >= 4 is 49.5 Å². The van der Waals surface area contributed by atoms with E-state index in [2.05, 4.69) is 4.98 Å². The first-order valence-electron chi connectivity index (χ1n) is 10.4. The zero-order valence-electron chi connectivity index (χ0n) is 18.6. The van der Waals surface area contributed by atoms with E-state index in [1.54, 1.807) is 54.6 Å². The molecule has 0 saturated carbocycles. The first-order valence-corrected chi connectivity index (χ1v) is 12.2. The lowest BCUT2D eigenvalue weighted by molar-refractivity contribution is 0.0601. The number of carbonyl (C=O) groups excluding carboxylic acids is 1. The summed E-state index contributed by atoms with van der Waals surface area (Å²) in [6.45, 7) is 1.89. The van der Waals surface area contributed by atoms with E-state index in [1.807, 2.05) is 24.7 Å². The van der Waals surface area contributed by atoms with Gasteiger partial charge >= 0.3 is 5.97 Å². The van der Waals surface area contributed by atoms with Crippen molar-refractivity contribution < 1.29 is 17.9 Å². The maximum Gasteiger partial charge on any atom is 0.337 e. The van der Waals surface area contributed by atoms with E-state index in [1.165, 1.54) is 17.3 Å². The number of benzene rings is 2. The molecule has 0 N–H and O–H groups in total. The molecular formula is C25H20ClN3O4S. The smallest absolute Gasteiger partial charge is 0.337 e. The molecule has 3 aromatic heterocycles. The molecule has 0 bridgehead atoms. The van der Waals surface area contributed by atoms with Crippen molar-refractivity contribution in [1.82, 2.24) is 13.5 Å². The Hall–Kier alpha value is -3.62. The number of halogens is 1. The molecule has 5 rings (SSSR count). The number of pyridine rings is 1. The van der Waals surface area contributed by atoms with Crippen molar-refractivity contribution in [2.75, 3.05) is 7.11 Å². The number of ether oxygens (including phenoxy) is 1. The van der Waals surface area contributed by atoms with Gasteiger partial charge in [0.25, 0.3) is 10.0 Å². The lowest BCUT2D eigenvalue weighted by Gasteiger charge is -2.12. The molecule has 9 heteroatoms.